The van der Waals surface area contributed by atoms with Crippen LogP contribution in [0, 0.1) is 29.6 Å². The number of fused-ring (bicyclic) bond motifs is 9. The number of aliphatic carboxylic acids is 1. The number of aromatic amines is 1. The minimum Gasteiger partial charge on any atom is -0.480 e. The molecule has 0 radical (unpaired) electrons. The zero-order chi connectivity index (χ0) is 20.9. The number of carbonyl (C=O) groups excluding carboxylic acids is 2. The molecule has 4 heterocycles. The Morgan fingerprint density at radius 2 is 1.97 bits per heavy atom. The highest BCUT2D eigenvalue weighted by Crippen LogP contribution is 2.68. The Morgan fingerprint density at radius 1 is 1.23 bits per heavy atom. The number of imide groups is 1. The fraction of sp³-hybridized carbons (Fsp3) is 0.500. The van der Waals surface area contributed by atoms with Gasteiger partial charge < -0.3 is 10.1 Å². The number of thiazole rings is 1. The Bertz CT molecular complexity index is 1140. The first-order valence-electron chi connectivity index (χ1n) is 9.91. The van der Waals surface area contributed by atoms with Gasteiger partial charge in [0.15, 0.2) is 0 Å². The molecule has 4 aliphatic rings. The lowest BCUT2D eigenvalue weighted by molar-refractivity contribution is -0.154. The number of nitrogens with zero attached hydrogens (tertiary/aromatic N) is 1. The molecule has 2 N–H and O–H groups in total. The lowest BCUT2D eigenvalue weighted by Crippen LogP contribution is -2.44. The van der Waals surface area contributed by atoms with Crippen molar-refractivity contribution in [3.63, 3.8) is 0 Å². The van der Waals surface area contributed by atoms with Gasteiger partial charge in [0.2, 0.25) is 11.8 Å². The second kappa shape index (κ2) is 6.30. The number of carbonyl (C=O) groups is 3. The van der Waals surface area contributed by atoms with Crippen LogP contribution in [0.15, 0.2) is 27.3 Å². The summed E-state index contributed by atoms with van der Waals surface area (Å²) in [6.45, 7) is 1.40. The van der Waals surface area contributed by atoms with Crippen LogP contribution in [0.1, 0.15) is 29.0 Å². The van der Waals surface area contributed by atoms with Crippen LogP contribution in [0.5, 0.6) is 0 Å². The number of aromatic nitrogens is 1. The number of hydrogen-bond acceptors (Lipinski definition) is 7. The first-order valence-corrected chi connectivity index (χ1v) is 12.5. The maximum absolute atomic E-state index is 13.2. The predicted molar refractivity (Wildman–Crippen MR) is 112 cm³/mol. The summed E-state index contributed by atoms with van der Waals surface area (Å²) in [5.41, 5.74) is 0. The van der Waals surface area contributed by atoms with E-state index >= 15 is 0 Å². The number of thioether (sulfide) groups is 1. The molecule has 2 aromatic rings. The van der Waals surface area contributed by atoms with Crippen LogP contribution in [-0.2, 0) is 14.4 Å². The molecular formula is C20H18N2O5S3. The van der Waals surface area contributed by atoms with Gasteiger partial charge >= 0.3 is 10.8 Å². The molecule has 2 bridgehead atoms. The van der Waals surface area contributed by atoms with E-state index in [1.807, 2.05) is 11.4 Å². The van der Waals surface area contributed by atoms with E-state index in [1.165, 1.54) is 23.1 Å². The van der Waals surface area contributed by atoms with Crippen molar-refractivity contribution in [3.05, 3.63) is 36.9 Å². The lowest BCUT2D eigenvalue weighted by Gasteiger charge is -2.42. The van der Waals surface area contributed by atoms with Gasteiger partial charge in [-0.25, -0.2) is 4.79 Å². The van der Waals surface area contributed by atoms with Gasteiger partial charge in [-0.2, -0.15) is 0 Å². The van der Waals surface area contributed by atoms with E-state index in [2.05, 4.69) is 11.1 Å². The van der Waals surface area contributed by atoms with E-state index in [0.717, 1.165) is 21.2 Å². The average Bonchev–Trinajstić information content (AvgIpc) is 3.48. The maximum atomic E-state index is 13.2. The largest absolute Gasteiger partial charge is 0.480 e. The Kier molecular flexibility index (Phi) is 3.96. The van der Waals surface area contributed by atoms with Gasteiger partial charge in [-0.1, -0.05) is 17.4 Å². The molecule has 10 heteroatoms. The Labute approximate surface area is 183 Å². The molecule has 0 unspecified atom stereocenters. The summed E-state index contributed by atoms with van der Waals surface area (Å²) in [5.74, 6) is -2.44. The molecule has 30 heavy (non-hydrogen) atoms. The van der Waals surface area contributed by atoms with Crippen LogP contribution >= 0.6 is 34.4 Å². The molecule has 1 saturated heterocycles. The minimum atomic E-state index is -1.16. The topological polar surface area (TPSA) is 108 Å². The second-order valence-corrected chi connectivity index (χ2v) is 11.7. The number of nitrogens with one attached hydrogen (secondary N) is 1. The first kappa shape index (κ1) is 18.8. The smallest absolute Gasteiger partial charge is 0.326 e. The minimum absolute atomic E-state index is 0.0245. The van der Waals surface area contributed by atoms with Crippen molar-refractivity contribution in [2.45, 2.75) is 35.6 Å². The Morgan fingerprint density at radius 3 is 2.63 bits per heavy atom. The first-order chi connectivity index (χ1) is 14.4. The van der Waals surface area contributed by atoms with Crippen molar-refractivity contribution in [2.24, 2.45) is 29.6 Å². The molecule has 2 amide bonds. The highest BCUT2D eigenvalue weighted by atomic mass is 32.2. The zero-order valence-electron chi connectivity index (χ0n) is 15.8. The summed E-state index contributed by atoms with van der Waals surface area (Å²) in [5, 5.41) is 12.4. The quantitative estimate of drug-likeness (QED) is 0.679. The Balaban J connectivity index is 1.45. The number of amides is 2. The summed E-state index contributed by atoms with van der Waals surface area (Å²) in [6.07, 6.45) is 0.811. The number of carboxylic acid groups (broad SMARTS) is 1. The second-order valence-electron chi connectivity index (χ2n) is 8.54. The summed E-state index contributed by atoms with van der Waals surface area (Å²) in [7, 11) is 0. The van der Waals surface area contributed by atoms with E-state index < -0.39 is 23.8 Å². The van der Waals surface area contributed by atoms with Crippen molar-refractivity contribution in [2.75, 3.05) is 0 Å². The van der Waals surface area contributed by atoms with Gasteiger partial charge in [-0.15, -0.1) is 23.1 Å². The molecule has 6 rings (SSSR count). The van der Waals surface area contributed by atoms with Gasteiger partial charge in [0.05, 0.1) is 16.9 Å². The van der Waals surface area contributed by atoms with E-state index in [-0.39, 0.29) is 45.6 Å². The monoisotopic (exact) mass is 462 g/mol. The van der Waals surface area contributed by atoms with Crippen LogP contribution in [0.2, 0.25) is 0 Å². The molecule has 8 atom stereocenters. The third kappa shape index (κ3) is 2.27. The van der Waals surface area contributed by atoms with E-state index in [9.17, 15) is 24.3 Å². The van der Waals surface area contributed by atoms with Gasteiger partial charge in [-0.05, 0) is 42.5 Å². The number of H-pyrrole nitrogens is 1. The number of thiophene rings is 1. The maximum Gasteiger partial charge on any atom is 0.326 e. The molecule has 2 aliphatic heterocycles. The van der Waals surface area contributed by atoms with Crippen molar-refractivity contribution in [1.82, 2.24) is 9.88 Å². The van der Waals surface area contributed by atoms with Crippen LogP contribution in [-0.4, -0.2) is 44.1 Å². The summed E-state index contributed by atoms with van der Waals surface area (Å²) < 4.78 is 0. The van der Waals surface area contributed by atoms with Gasteiger partial charge in [0.25, 0.3) is 0 Å². The van der Waals surface area contributed by atoms with Crippen LogP contribution < -0.4 is 4.87 Å². The zero-order valence-corrected chi connectivity index (χ0v) is 18.3. The van der Waals surface area contributed by atoms with Crippen LogP contribution in [0.3, 0.4) is 0 Å². The summed E-state index contributed by atoms with van der Waals surface area (Å²) >= 11 is 4.54. The van der Waals surface area contributed by atoms with Crippen molar-refractivity contribution in [1.29, 1.82) is 0 Å². The fourth-order valence-electron chi connectivity index (χ4n) is 6.32. The SMILES string of the molecule is C[C@@H](C(=O)O)N1C(=O)[C@H]2[C@@H]3C[C@@H]([C@@H]2C1=O)[C@H]1[C@H](c2cccs2)c2sc(=O)[nH]c2S[C@H]31. The highest BCUT2D eigenvalue weighted by molar-refractivity contribution is 8.00. The van der Waals surface area contributed by atoms with Crippen LogP contribution in [0.4, 0.5) is 0 Å². The number of rotatable bonds is 3. The molecule has 0 aromatic carbocycles. The van der Waals surface area contributed by atoms with Gasteiger partial charge in [-0.3, -0.25) is 19.3 Å². The summed E-state index contributed by atoms with van der Waals surface area (Å²) in [4.78, 5) is 56.1. The molecule has 2 aliphatic carbocycles. The number of likely N-dealkylation sites (tertiary alicyclic amines) is 1. The molecule has 7 nitrogen and oxygen atoms in total. The van der Waals surface area contributed by atoms with Crippen molar-refractivity contribution >= 4 is 52.2 Å². The number of hydrogen-bond donors (Lipinski definition) is 2. The van der Waals surface area contributed by atoms with Gasteiger partial charge in [0.1, 0.15) is 6.04 Å². The average molecular weight is 463 g/mol. The molecule has 2 aromatic heterocycles. The number of carboxylic acids is 1. The van der Waals surface area contributed by atoms with Crippen molar-refractivity contribution in [3.8, 4) is 0 Å². The molecular weight excluding hydrogens is 444 g/mol. The predicted octanol–water partition coefficient (Wildman–Crippen LogP) is 2.44. The lowest BCUT2D eigenvalue weighted by atomic mass is 9.69. The van der Waals surface area contributed by atoms with Crippen molar-refractivity contribution < 1.29 is 19.5 Å². The fourth-order valence-corrected chi connectivity index (χ4v) is 10.2. The normalized spacial score (nSPS) is 37.2. The van der Waals surface area contributed by atoms with E-state index in [4.69, 9.17) is 0 Å². The molecule has 2 saturated carbocycles. The van der Waals surface area contributed by atoms with E-state index in [0.29, 0.717) is 0 Å². The molecule has 156 valence electrons. The molecule has 3 fully saturated rings. The third-order valence-electron chi connectivity index (χ3n) is 7.35. The van der Waals surface area contributed by atoms with Gasteiger partial charge in [0, 0.05) is 20.9 Å². The van der Waals surface area contributed by atoms with E-state index in [1.54, 1.807) is 23.1 Å². The molecule has 0 spiro atoms. The summed E-state index contributed by atoms with van der Waals surface area (Å²) in [6, 6.07) is 2.94. The standard InChI is InChI=1S/C20H18N2O5S3/c1-6(19(25)26)22-17(23)11-7-5-8(12(11)18(22)24)14-10(7)13(9-3-2-4-28-9)15-16(29-14)21-20(27)30-15/h2-4,6-8,10-14H,5H2,1H3,(H,21,27)(H,25,26)/t6-,7+,8-,10-,11-,12-,13-,14+/m0/s1. The highest BCUT2D eigenvalue weighted by Gasteiger charge is 2.70. The third-order valence-corrected chi connectivity index (χ3v) is 10.9. The van der Waals surface area contributed by atoms with Crippen LogP contribution in [0.25, 0.3) is 0 Å². The Hall–Kier alpha value is -1.91.